The summed E-state index contributed by atoms with van der Waals surface area (Å²) in [5.41, 5.74) is 1.66. The fourth-order valence-electron chi connectivity index (χ4n) is 0.851. The van der Waals surface area contributed by atoms with Crippen LogP contribution in [0.25, 0.3) is 0 Å². The minimum Gasteiger partial charge on any atom is -0.444 e. The number of carbonyl (C=O) groups excluding carboxylic acids is 2. The molecule has 6 heteroatoms. The van der Waals surface area contributed by atoms with Gasteiger partial charge in [-0.05, 0) is 27.2 Å². The van der Waals surface area contributed by atoms with E-state index in [4.69, 9.17) is 9.57 Å². The molecule has 6 nitrogen and oxygen atoms in total. The predicted molar refractivity (Wildman–Crippen MR) is 63.2 cm³/mol. The number of rotatable bonds is 6. The Bertz CT molecular complexity index is 248. The molecular weight excluding hydrogens is 224 g/mol. The normalized spacial score (nSPS) is 10.8. The average molecular weight is 246 g/mol. The van der Waals surface area contributed by atoms with Gasteiger partial charge in [-0.2, -0.15) is 0 Å². The largest absolute Gasteiger partial charge is 0.444 e. The highest BCUT2D eigenvalue weighted by atomic mass is 16.6. The van der Waals surface area contributed by atoms with Crippen molar-refractivity contribution in [3.05, 3.63) is 0 Å². The van der Waals surface area contributed by atoms with Crippen molar-refractivity contribution >= 4 is 12.0 Å². The quantitative estimate of drug-likeness (QED) is 0.548. The molecular formula is C11H22N2O4. The lowest BCUT2D eigenvalue weighted by Crippen LogP contribution is -2.39. The third kappa shape index (κ3) is 11.0. The van der Waals surface area contributed by atoms with Crippen LogP contribution in [0.4, 0.5) is 4.79 Å². The lowest BCUT2D eigenvalue weighted by Gasteiger charge is -2.19. The maximum atomic E-state index is 11.2. The van der Waals surface area contributed by atoms with Crippen LogP contribution in [-0.4, -0.2) is 30.8 Å². The molecule has 0 aliphatic carbocycles. The number of hydroxylamine groups is 1. The molecule has 0 aromatic carbocycles. The lowest BCUT2D eigenvalue weighted by molar-refractivity contribution is -0.132. The van der Waals surface area contributed by atoms with Crippen molar-refractivity contribution in [2.75, 3.05) is 13.2 Å². The topological polar surface area (TPSA) is 76.7 Å². The Morgan fingerprint density at radius 2 is 1.88 bits per heavy atom. The zero-order chi connectivity index (χ0) is 13.3. The van der Waals surface area contributed by atoms with Gasteiger partial charge in [-0.3, -0.25) is 9.63 Å². The van der Waals surface area contributed by atoms with E-state index in [0.717, 1.165) is 12.8 Å². The van der Waals surface area contributed by atoms with E-state index < -0.39 is 17.6 Å². The minimum atomic E-state index is -0.624. The van der Waals surface area contributed by atoms with Gasteiger partial charge in [-0.1, -0.05) is 13.3 Å². The summed E-state index contributed by atoms with van der Waals surface area (Å²) in [5, 5.41) is 2.33. The molecule has 17 heavy (non-hydrogen) atoms. The van der Waals surface area contributed by atoms with Crippen LogP contribution in [0.2, 0.25) is 0 Å². The molecule has 0 atom stereocenters. The number of carbonyl (C=O) groups is 2. The lowest BCUT2D eigenvalue weighted by atomic mass is 10.2. The van der Waals surface area contributed by atoms with Crippen molar-refractivity contribution in [3.8, 4) is 0 Å². The van der Waals surface area contributed by atoms with Gasteiger partial charge in [-0.25, -0.2) is 10.3 Å². The molecule has 0 aliphatic heterocycles. The fraction of sp³-hybridized carbons (Fsp3) is 0.818. The summed E-state index contributed by atoms with van der Waals surface area (Å²) in [6.45, 7) is 7.58. The second-order valence-corrected chi connectivity index (χ2v) is 4.58. The molecule has 0 unspecified atom stereocenters. The highest BCUT2D eigenvalue weighted by Gasteiger charge is 2.16. The van der Waals surface area contributed by atoms with E-state index in [1.807, 2.05) is 6.92 Å². The first-order valence-electron chi connectivity index (χ1n) is 5.72. The van der Waals surface area contributed by atoms with Crippen molar-refractivity contribution in [2.45, 2.75) is 46.1 Å². The third-order valence-electron chi connectivity index (χ3n) is 1.58. The third-order valence-corrected chi connectivity index (χ3v) is 1.58. The zero-order valence-corrected chi connectivity index (χ0v) is 11.0. The summed E-state index contributed by atoms with van der Waals surface area (Å²) in [6, 6.07) is 0. The van der Waals surface area contributed by atoms with Gasteiger partial charge >= 0.3 is 6.09 Å². The Balaban J connectivity index is 3.59. The van der Waals surface area contributed by atoms with Crippen molar-refractivity contribution in [1.82, 2.24) is 10.8 Å². The van der Waals surface area contributed by atoms with Gasteiger partial charge in [0.25, 0.3) is 5.91 Å². The first-order chi connectivity index (χ1) is 7.85. The van der Waals surface area contributed by atoms with Crippen molar-refractivity contribution < 1.29 is 19.2 Å². The Morgan fingerprint density at radius 3 is 2.41 bits per heavy atom. The Labute approximate surface area is 102 Å². The smallest absolute Gasteiger partial charge is 0.408 e. The average Bonchev–Trinajstić information content (AvgIpc) is 2.19. The molecule has 100 valence electrons. The number of hydrogen-bond donors (Lipinski definition) is 2. The first-order valence-corrected chi connectivity index (χ1v) is 5.72. The first kappa shape index (κ1) is 15.7. The fourth-order valence-corrected chi connectivity index (χ4v) is 0.851. The van der Waals surface area contributed by atoms with Crippen molar-refractivity contribution in [1.29, 1.82) is 0 Å². The summed E-state index contributed by atoms with van der Waals surface area (Å²) in [5.74, 6) is -0.410. The summed E-state index contributed by atoms with van der Waals surface area (Å²) in [4.78, 5) is 27.2. The molecule has 0 saturated carbocycles. The van der Waals surface area contributed by atoms with Crippen LogP contribution in [0.5, 0.6) is 0 Å². The van der Waals surface area contributed by atoms with Gasteiger partial charge in [0.1, 0.15) is 12.1 Å². The molecule has 2 N–H and O–H groups in total. The molecule has 0 aromatic heterocycles. The van der Waals surface area contributed by atoms with E-state index in [0.29, 0.717) is 6.61 Å². The molecule has 0 spiro atoms. The molecule has 0 saturated heterocycles. The standard InChI is InChI=1S/C11H22N2O4/c1-5-6-7-16-13-9(14)8-12-10(15)17-11(2,3)4/h5-8H2,1-4H3,(H,12,15)(H,13,14). The molecule has 0 rings (SSSR count). The summed E-state index contributed by atoms with van der Waals surface area (Å²) in [7, 11) is 0. The van der Waals surface area contributed by atoms with Crippen LogP contribution in [-0.2, 0) is 14.4 Å². The monoisotopic (exact) mass is 246 g/mol. The van der Waals surface area contributed by atoms with Gasteiger partial charge in [0.05, 0.1) is 6.61 Å². The van der Waals surface area contributed by atoms with Crippen LogP contribution in [0.1, 0.15) is 40.5 Å². The van der Waals surface area contributed by atoms with E-state index in [-0.39, 0.29) is 6.54 Å². The van der Waals surface area contributed by atoms with Crippen molar-refractivity contribution in [2.24, 2.45) is 0 Å². The van der Waals surface area contributed by atoms with Crippen LogP contribution in [0, 0.1) is 0 Å². The Kier molecular flexibility index (Phi) is 7.29. The minimum absolute atomic E-state index is 0.166. The molecule has 0 fully saturated rings. The molecule has 0 radical (unpaired) electrons. The van der Waals surface area contributed by atoms with E-state index in [9.17, 15) is 9.59 Å². The second-order valence-electron chi connectivity index (χ2n) is 4.58. The summed E-state index contributed by atoms with van der Waals surface area (Å²) >= 11 is 0. The highest BCUT2D eigenvalue weighted by Crippen LogP contribution is 2.05. The molecule has 0 aliphatic rings. The van der Waals surface area contributed by atoms with E-state index in [2.05, 4.69) is 10.8 Å². The van der Waals surface area contributed by atoms with E-state index in [1.165, 1.54) is 0 Å². The van der Waals surface area contributed by atoms with Gasteiger partial charge < -0.3 is 10.1 Å². The Hall–Kier alpha value is -1.30. The molecule has 0 heterocycles. The van der Waals surface area contributed by atoms with Gasteiger partial charge in [0, 0.05) is 0 Å². The zero-order valence-electron chi connectivity index (χ0n) is 11.0. The van der Waals surface area contributed by atoms with Gasteiger partial charge in [0.15, 0.2) is 0 Å². The number of amides is 2. The van der Waals surface area contributed by atoms with Gasteiger partial charge in [0.2, 0.25) is 0 Å². The SMILES string of the molecule is CCCCONC(=O)CNC(=O)OC(C)(C)C. The number of unbranched alkanes of at least 4 members (excludes halogenated alkanes) is 1. The summed E-state index contributed by atoms with van der Waals surface area (Å²) < 4.78 is 4.96. The molecule has 0 bridgehead atoms. The number of alkyl carbamates (subject to hydrolysis) is 1. The van der Waals surface area contributed by atoms with E-state index in [1.54, 1.807) is 20.8 Å². The number of ether oxygens (including phenoxy) is 1. The maximum Gasteiger partial charge on any atom is 0.408 e. The second kappa shape index (κ2) is 7.89. The van der Waals surface area contributed by atoms with Crippen LogP contribution >= 0.6 is 0 Å². The predicted octanol–water partition coefficient (Wildman–Crippen LogP) is 1.36. The van der Waals surface area contributed by atoms with Crippen molar-refractivity contribution in [3.63, 3.8) is 0 Å². The van der Waals surface area contributed by atoms with Crippen LogP contribution in [0.3, 0.4) is 0 Å². The van der Waals surface area contributed by atoms with E-state index >= 15 is 0 Å². The number of nitrogens with one attached hydrogen (secondary N) is 2. The highest BCUT2D eigenvalue weighted by molar-refractivity contribution is 5.81. The molecule has 0 aromatic rings. The summed E-state index contributed by atoms with van der Waals surface area (Å²) in [6.07, 6.45) is 1.24. The Morgan fingerprint density at radius 1 is 1.24 bits per heavy atom. The number of hydrogen-bond acceptors (Lipinski definition) is 4. The van der Waals surface area contributed by atoms with Crippen LogP contribution < -0.4 is 10.8 Å². The molecule has 2 amide bonds. The van der Waals surface area contributed by atoms with Crippen LogP contribution in [0.15, 0.2) is 0 Å². The van der Waals surface area contributed by atoms with Gasteiger partial charge in [-0.15, -0.1) is 0 Å². The maximum absolute atomic E-state index is 11.2.